The second-order valence-corrected chi connectivity index (χ2v) is 6.80. The SMILES string of the molecule is COCC1(CN(C)CC2CCN(C)C2)CCNCC1. The van der Waals surface area contributed by atoms with Crippen LogP contribution in [-0.4, -0.2) is 76.9 Å². The van der Waals surface area contributed by atoms with Gasteiger partial charge in [0.1, 0.15) is 0 Å². The van der Waals surface area contributed by atoms with E-state index >= 15 is 0 Å². The van der Waals surface area contributed by atoms with E-state index in [-0.39, 0.29) is 0 Å². The molecule has 0 aliphatic carbocycles. The van der Waals surface area contributed by atoms with Gasteiger partial charge >= 0.3 is 0 Å². The molecule has 0 aromatic carbocycles. The highest BCUT2D eigenvalue weighted by atomic mass is 16.5. The highest BCUT2D eigenvalue weighted by Crippen LogP contribution is 2.30. The molecule has 0 spiro atoms. The Morgan fingerprint density at radius 3 is 2.68 bits per heavy atom. The van der Waals surface area contributed by atoms with Crippen LogP contribution >= 0.6 is 0 Å². The van der Waals surface area contributed by atoms with Gasteiger partial charge < -0.3 is 19.9 Å². The van der Waals surface area contributed by atoms with Crippen molar-refractivity contribution in [2.75, 3.05) is 67.1 Å². The minimum absolute atomic E-state index is 0.374. The molecule has 2 fully saturated rings. The first-order chi connectivity index (χ1) is 9.13. The average molecular weight is 269 g/mol. The zero-order valence-electron chi connectivity index (χ0n) is 13.0. The van der Waals surface area contributed by atoms with Gasteiger partial charge in [0.2, 0.25) is 0 Å². The quantitative estimate of drug-likeness (QED) is 0.775. The third-order valence-electron chi connectivity index (χ3n) is 4.78. The summed E-state index contributed by atoms with van der Waals surface area (Å²) in [5.41, 5.74) is 0.374. The molecule has 0 amide bonds. The second-order valence-electron chi connectivity index (χ2n) is 6.80. The van der Waals surface area contributed by atoms with E-state index < -0.39 is 0 Å². The van der Waals surface area contributed by atoms with Gasteiger partial charge in [-0.1, -0.05) is 0 Å². The summed E-state index contributed by atoms with van der Waals surface area (Å²) >= 11 is 0. The lowest BCUT2D eigenvalue weighted by Crippen LogP contribution is -2.47. The molecule has 2 rings (SSSR count). The standard InChI is InChI=1S/C15H31N3O/c1-17-9-4-14(10-17)11-18(2)12-15(13-19-3)5-7-16-8-6-15/h14,16H,4-13H2,1-3H3. The Hall–Kier alpha value is -0.160. The second kappa shape index (κ2) is 7.02. The third-order valence-corrected chi connectivity index (χ3v) is 4.78. The number of piperidine rings is 1. The van der Waals surface area contributed by atoms with Gasteiger partial charge in [0.25, 0.3) is 0 Å². The predicted molar refractivity (Wildman–Crippen MR) is 79.5 cm³/mol. The lowest BCUT2D eigenvalue weighted by atomic mass is 9.79. The largest absolute Gasteiger partial charge is 0.384 e. The maximum Gasteiger partial charge on any atom is 0.0531 e. The summed E-state index contributed by atoms with van der Waals surface area (Å²) in [5.74, 6) is 0.858. The molecule has 0 aromatic rings. The molecular weight excluding hydrogens is 238 g/mol. The van der Waals surface area contributed by atoms with Crippen LogP contribution in [0, 0.1) is 11.3 Å². The summed E-state index contributed by atoms with van der Waals surface area (Å²) in [6.07, 6.45) is 3.85. The van der Waals surface area contributed by atoms with E-state index in [9.17, 15) is 0 Å². The van der Waals surface area contributed by atoms with Crippen LogP contribution in [-0.2, 0) is 4.74 Å². The summed E-state index contributed by atoms with van der Waals surface area (Å²) in [6.45, 7) is 8.15. The van der Waals surface area contributed by atoms with Crippen molar-refractivity contribution < 1.29 is 4.74 Å². The fourth-order valence-corrected chi connectivity index (χ4v) is 3.86. The van der Waals surface area contributed by atoms with Crippen molar-refractivity contribution in [2.45, 2.75) is 19.3 Å². The summed E-state index contributed by atoms with van der Waals surface area (Å²) < 4.78 is 5.51. The molecule has 4 nitrogen and oxygen atoms in total. The Morgan fingerprint density at radius 1 is 1.37 bits per heavy atom. The fraction of sp³-hybridized carbons (Fsp3) is 1.00. The molecule has 1 unspecified atom stereocenters. The molecule has 0 radical (unpaired) electrons. The highest BCUT2D eigenvalue weighted by Gasteiger charge is 2.34. The van der Waals surface area contributed by atoms with Crippen LogP contribution in [0.2, 0.25) is 0 Å². The van der Waals surface area contributed by atoms with Gasteiger partial charge in [0, 0.05) is 32.2 Å². The van der Waals surface area contributed by atoms with E-state index in [1.165, 1.54) is 45.4 Å². The Balaban J connectivity index is 1.82. The van der Waals surface area contributed by atoms with Gasteiger partial charge in [0.05, 0.1) is 6.61 Å². The molecule has 0 aromatic heterocycles. The van der Waals surface area contributed by atoms with Gasteiger partial charge in [-0.15, -0.1) is 0 Å². The van der Waals surface area contributed by atoms with Crippen LogP contribution in [0.15, 0.2) is 0 Å². The maximum atomic E-state index is 5.51. The number of rotatable bonds is 6. The molecule has 1 atom stereocenters. The van der Waals surface area contributed by atoms with Crippen molar-refractivity contribution in [1.29, 1.82) is 0 Å². The minimum Gasteiger partial charge on any atom is -0.384 e. The highest BCUT2D eigenvalue weighted by molar-refractivity contribution is 4.88. The maximum absolute atomic E-state index is 5.51. The average Bonchev–Trinajstić information content (AvgIpc) is 2.75. The smallest absolute Gasteiger partial charge is 0.0531 e. The Kier molecular flexibility index (Phi) is 5.63. The summed E-state index contributed by atoms with van der Waals surface area (Å²) in [4.78, 5) is 5.00. The first-order valence-corrected chi connectivity index (χ1v) is 7.70. The Bertz CT molecular complexity index is 261. The van der Waals surface area contributed by atoms with E-state index in [1.807, 2.05) is 7.11 Å². The van der Waals surface area contributed by atoms with E-state index in [1.54, 1.807) is 0 Å². The first-order valence-electron chi connectivity index (χ1n) is 7.70. The van der Waals surface area contributed by atoms with Crippen molar-refractivity contribution in [3.05, 3.63) is 0 Å². The molecular formula is C15H31N3O. The molecule has 19 heavy (non-hydrogen) atoms. The van der Waals surface area contributed by atoms with Crippen molar-refractivity contribution in [1.82, 2.24) is 15.1 Å². The van der Waals surface area contributed by atoms with Gasteiger partial charge in [-0.3, -0.25) is 0 Å². The van der Waals surface area contributed by atoms with Crippen molar-refractivity contribution >= 4 is 0 Å². The monoisotopic (exact) mass is 269 g/mol. The van der Waals surface area contributed by atoms with Gasteiger partial charge in [-0.25, -0.2) is 0 Å². The van der Waals surface area contributed by atoms with Crippen LogP contribution < -0.4 is 5.32 Å². The van der Waals surface area contributed by atoms with Gasteiger partial charge in [-0.2, -0.15) is 0 Å². The number of hydrogen-bond donors (Lipinski definition) is 1. The minimum atomic E-state index is 0.374. The number of hydrogen-bond acceptors (Lipinski definition) is 4. The first kappa shape index (κ1) is 15.2. The zero-order chi connectivity index (χ0) is 13.7. The number of methoxy groups -OCH3 is 1. The van der Waals surface area contributed by atoms with E-state index in [2.05, 4.69) is 29.2 Å². The third kappa shape index (κ3) is 4.42. The molecule has 112 valence electrons. The summed E-state index contributed by atoms with van der Waals surface area (Å²) in [6, 6.07) is 0. The lowest BCUT2D eigenvalue weighted by molar-refractivity contribution is 0.0256. The van der Waals surface area contributed by atoms with E-state index in [4.69, 9.17) is 4.74 Å². The topological polar surface area (TPSA) is 27.7 Å². The summed E-state index contributed by atoms with van der Waals surface area (Å²) in [7, 11) is 6.37. The van der Waals surface area contributed by atoms with Gasteiger partial charge in [0.15, 0.2) is 0 Å². The van der Waals surface area contributed by atoms with Crippen LogP contribution in [0.5, 0.6) is 0 Å². The van der Waals surface area contributed by atoms with Crippen LogP contribution in [0.25, 0.3) is 0 Å². The molecule has 2 aliphatic heterocycles. The number of nitrogens with one attached hydrogen (secondary N) is 1. The Morgan fingerprint density at radius 2 is 2.11 bits per heavy atom. The van der Waals surface area contributed by atoms with Crippen molar-refractivity contribution in [3.8, 4) is 0 Å². The molecule has 2 heterocycles. The molecule has 2 aliphatic rings. The predicted octanol–water partition coefficient (Wildman–Crippen LogP) is 0.886. The number of ether oxygens (including phenoxy) is 1. The Labute approximate surface area is 118 Å². The van der Waals surface area contributed by atoms with Crippen molar-refractivity contribution in [3.63, 3.8) is 0 Å². The molecule has 4 heteroatoms. The number of nitrogens with zero attached hydrogens (tertiary/aromatic N) is 2. The number of likely N-dealkylation sites (tertiary alicyclic amines) is 1. The van der Waals surface area contributed by atoms with E-state index in [0.717, 1.165) is 25.6 Å². The summed E-state index contributed by atoms with van der Waals surface area (Å²) in [5, 5.41) is 3.47. The molecule has 0 saturated carbocycles. The lowest BCUT2D eigenvalue weighted by Gasteiger charge is -2.40. The molecule has 2 saturated heterocycles. The zero-order valence-corrected chi connectivity index (χ0v) is 13.0. The van der Waals surface area contributed by atoms with Crippen LogP contribution in [0.3, 0.4) is 0 Å². The fourth-order valence-electron chi connectivity index (χ4n) is 3.86. The van der Waals surface area contributed by atoms with Gasteiger partial charge in [-0.05, 0) is 58.9 Å². The molecule has 0 bridgehead atoms. The van der Waals surface area contributed by atoms with Crippen molar-refractivity contribution in [2.24, 2.45) is 11.3 Å². The molecule has 1 N–H and O–H groups in total. The normalized spacial score (nSPS) is 28.1. The van der Waals surface area contributed by atoms with E-state index in [0.29, 0.717) is 5.41 Å². The van der Waals surface area contributed by atoms with Crippen LogP contribution in [0.4, 0.5) is 0 Å². The van der Waals surface area contributed by atoms with Crippen LogP contribution in [0.1, 0.15) is 19.3 Å².